The van der Waals surface area contributed by atoms with Crippen LogP contribution in [-0.4, -0.2) is 114 Å². The molecule has 1 aliphatic carbocycles. The fourth-order valence-electron chi connectivity index (χ4n) is 10.2. The maximum Gasteiger partial charge on any atom is 0.329 e. The average Bonchev–Trinajstić information content (AvgIpc) is 3.95. The average molecular weight is 857 g/mol. The van der Waals surface area contributed by atoms with Gasteiger partial charge in [0.1, 0.15) is 17.4 Å². The van der Waals surface area contributed by atoms with Crippen molar-refractivity contribution in [2.75, 3.05) is 54.9 Å². The monoisotopic (exact) mass is 856 g/mol. The van der Waals surface area contributed by atoms with Gasteiger partial charge in [-0.15, -0.1) is 0 Å². The van der Waals surface area contributed by atoms with Crippen LogP contribution in [0.4, 0.5) is 26.0 Å². The zero-order valence-corrected chi connectivity index (χ0v) is 35.5. The van der Waals surface area contributed by atoms with Crippen LogP contribution in [0.3, 0.4) is 0 Å². The lowest BCUT2D eigenvalue weighted by atomic mass is 9.85. The van der Waals surface area contributed by atoms with E-state index < -0.39 is 30.0 Å². The predicted molar refractivity (Wildman–Crippen MR) is 228 cm³/mol. The second-order valence-corrected chi connectivity index (χ2v) is 17.6. The van der Waals surface area contributed by atoms with Crippen molar-refractivity contribution in [3.63, 3.8) is 0 Å². The summed E-state index contributed by atoms with van der Waals surface area (Å²) in [5.74, 6) is -0.215. The molecular formula is C43H54F2N12O5. The summed E-state index contributed by atoms with van der Waals surface area (Å²) in [6.45, 7) is 7.85. The number of carbonyl (C=O) groups excluding carboxylic acids is 3. The lowest BCUT2D eigenvalue weighted by Crippen LogP contribution is -2.45. The molecule has 0 radical (unpaired) electrons. The highest BCUT2D eigenvalue weighted by Crippen LogP contribution is 2.37. The third-order valence-electron chi connectivity index (χ3n) is 13.3. The molecule has 4 aromatic heterocycles. The van der Waals surface area contributed by atoms with E-state index in [1.54, 1.807) is 22.5 Å². The predicted octanol–water partition coefficient (Wildman–Crippen LogP) is 4.69. The first-order valence-corrected chi connectivity index (χ1v) is 21.7. The Morgan fingerprint density at radius 3 is 2.45 bits per heavy atom. The number of anilines is 3. The van der Waals surface area contributed by atoms with Crippen molar-refractivity contribution in [2.24, 2.45) is 13.0 Å². The summed E-state index contributed by atoms with van der Waals surface area (Å²) in [6.07, 6.45) is 7.64. The Bertz CT molecular complexity index is 2540. The Labute approximate surface area is 357 Å². The molecule has 1 saturated carbocycles. The molecule has 0 spiro atoms. The van der Waals surface area contributed by atoms with Gasteiger partial charge in [-0.05, 0) is 90.0 Å². The van der Waals surface area contributed by atoms with Gasteiger partial charge in [0.15, 0.2) is 11.3 Å². The number of hydrogen-bond donors (Lipinski definition) is 2. The van der Waals surface area contributed by atoms with Crippen LogP contribution in [0.5, 0.6) is 0 Å². The summed E-state index contributed by atoms with van der Waals surface area (Å²) in [5, 5.41) is 13.7. The van der Waals surface area contributed by atoms with E-state index in [2.05, 4.69) is 42.6 Å². The number of benzene rings is 1. The molecule has 4 aliphatic rings. The molecule has 330 valence electrons. The number of rotatable bonds is 10. The van der Waals surface area contributed by atoms with E-state index in [-0.39, 0.29) is 53.9 Å². The van der Waals surface area contributed by atoms with Gasteiger partial charge in [0.25, 0.3) is 12.3 Å². The van der Waals surface area contributed by atoms with Crippen LogP contribution in [0.25, 0.3) is 16.7 Å². The van der Waals surface area contributed by atoms with Crippen molar-refractivity contribution in [1.29, 1.82) is 0 Å². The molecule has 0 bridgehead atoms. The molecule has 5 aromatic rings. The van der Waals surface area contributed by atoms with E-state index in [0.29, 0.717) is 42.0 Å². The number of alkyl halides is 2. The molecule has 3 amide bonds. The molecule has 1 unspecified atom stereocenters. The van der Waals surface area contributed by atoms with Gasteiger partial charge in [-0.1, -0.05) is 6.07 Å². The molecule has 3 atom stereocenters. The molecule has 7 heterocycles. The molecular weight excluding hydrogens is 803 g/mol. The third-order valence-corrected chi connectivity index (χ3v) is 13.3. The summed E-state index contributed by atoms with van der Waals surface area (Å²) < 4.78 is 40.8. The van der Waals surface area contributed by atoms with E-state index in [0.717, 1.165) is 69.4 Å². The number of carbonyl (C=O) groups is 3. The normalized spacial score (nSPS) is 24.2. The van der Waals surface area contributed by atoms with Crippen LogP contribution in [-0.2, 0) is 21.4 Å². The number of aromatic nitrogens is 7. The van der Waals surface area contributed by atoms with Crippen molar-refractivity contribution in [1.82, 2.24) is 43.7 Å². The zero-order chi connectivity index (χ0) is 43.4. The molecule has 62 heavy (non-hydrogen) atoms. The summed E-state index contributed by atoms with van der Waals surface area (Å²) in [4.78, 5) is 63.2. The van der Waals surface area contributed by atoms with Crippen LogP contribution in [0.2, 0.25) is 0 Å². The van der Waals surface area contributed by atoms with Gasteiger partial charge in [0.05, 0.1) is 46.9 Å². The first-order chi connectivity index (χ1) is 29.8. The zero-order valence-electron chi connectivity index (χ0n) is 35.5. The fourth-order valence-corrected chi connectivity index (χ4v) is 10.2. The molecule has 1 aromatic carbocycles. The summed E-state index contributed by atoms with van der Waals surface area (Å²) in [6, 6.07) is 7.24. The Morgan fingerprint density at radius 1 is 1.00 bits per heavy atom. The third kappa shape index (κ3) is 7.95. The number of fused-ring (bicyclic) bond motifs is 2. The first-order valence-electron chi connectivity index (χ1n) is 21.7. The second-order valence-electron chi connectivity index (χ2n) is 17.6. The standard InChI is InChI=1S/C43H54F2N12O5/c1-25-21-54(22-26(2)62-25)35-16-19-55-40(48-35)30(20-46-55)41(59)47-31-24-56(50-37(31)39(44)45)29-10-8-27(9-11-29)23-51(3)28-14-17-53(18-15-28)32-6-5-7-33-38(32)52(4)43(61)57(33)34-12-13-36(58)49-42(34)60/h5-7,16,19-20,24-29,34,39H,8-15,17-18,21-23H2,1-4H3,(H,47,59)(H,49,58,60)/t25-,26-,27?,29?,34?/m0/s1. The highest BCUT2D eigenvalue weighted by Gasteiger charge is 2.34. The Morgan fingerprint density at radius 2 is 1.74 bits per heavy atom. The van der Waals surface area contributed by atoms with E-state index in [4.69, 9.17) is 9.72 Å². The second kappa shape index (κ2) is 16.9. The van der Waals surface area contributed by atoms with Crippen molar-refractivity contribution < 1.29 is 27.9 Å². The number of morpholine rings is 1. The number of ether oxygens (including phenoxy) is 1. The quantitative estimate of drug-likeness (QED) is 0.187. The molecule has 4 fully saturated rings. The van der Waals surface area contributed by atoms with Gasteiger partial charge in [0, 0.05) is 64.6 Å². The highest BCUT2D eigenvalue weighted by atomic mass is 19.3. The minimum Gasteiger partial charge on any atom is -0.372 e. The van der Waals surface area contributed by atoms with Gasteiger partial charge in [-0.25, -0.2) is 23.1 Å². The van der Waals surface area contributed by atoms with Crippen LogP contribution in [0.15, 0.2) is 47.7 Å². The molecule has 3 saturated heterocycles. The van der Waals surface area contributed by atoms with Gasteiger partial charge >= 0.3 is 5.69 Å². The van der Waals surface area contributed by atoms with E-state index >= 15 is 0 Å². The lowest BCUT2D eigenvalue weighted by Gasteiger charge is -2.40. The Hall–Kier alpha value is -5.69. The Kier molecular flexibility index (Phi) is 11.3. The number of hydrogen-bond acceptors (Lipinski definition) is 11. The summed E-state index contributed by atoms with van der Waals surface area (Å²) in [7, 11) is 3.91. The minimum absolute atomic E-state index is 0.0186. The molecule has 3 aliphatic heterocycles. The number of halogens is 2. The molecule has 9 rings (SSSR count). The highest BCUT2D eigenvalue weighted by molar-refractivity contribution is 6.08. The number of para-hydroxylation sites is 1. The summed E-state index contributed by atoms with van der Waals surface area (Å²) in [5.41, 5.74) is 2.18. The van der Waals surface area contributed by atoms with Gasteiger partial charge < -0.3 is 24.8 Å². The number of nitrogens with one attached hydrogen (secondary N) is 2. The minimum atomic E-state index is -2.87. The van der Waals surface area contributed by atoms with E-state index in [1.165, 1.54) is 21.5 Å². The van der Waals surface area contributed by atoms with Gasteiger partial charge in [0.2, 0.25) is 11.8 Å². The topological polar surface area (TPSA) is 169 Å². The van der Waals surface area contributed by atoms with Crippen molar-refractivity contribution in [2.45, 2.75) is 102 Å². The van der Waals surface area contributed by atoms with Crippen molar-refractivity contribution in [3.05, 3.63) is 64.6 Å². The number of amides is 3. The Balaban J connectivity index is 0.802. The first kappa shape index (κ1) is 41.7. The van der Waals surface area contributed by atoms with Crippen molar-refractivity contribution >= 4 is 51.6 Å². The van der Waals surface area contributed by atoms with Gasteiger partial charge in [-0.2, -0.15) is 10.2 Å². The number of imide groups is 1. The van der Waals surface area contributed by atoms with E-state index in [9.17, 15) is 28.0 Å². The smallest absolute Gasteiger partial charge is 0.329 e. The largest absolute Gasteiger partial charge is 0.372 e. The number of piperidine rings is 2. The molecule has 19 heteroatoms. The van der Waals surface area contributed by atoms with Crippen molar-refractivity contribution in [3.8, 4) is 0 Å². The van der Waals surface area contributed by atoms with Crippen LogP contribution >= 0.6 is 0 Å². The number of nitrogens with zero attached hydrogens (tertiary/aromatic N) is 10. The molecule has 17 nitrogen and oxygen atoms in total. The van der Waals surface area contributed by atoms with Crippen LogP contribution in [0, 0.1) is 5.92 Å². The van der Waals surface area contributed by atoms with E-state index in [1.807, 2.05) is 38.1 Å². The SMILES string of the molecule is C[C@H]1CN(c2ccn3ncc(C(=O)Nc4cn(C5CCC(CN(C)C6CCN(c7cccc8c7n(C)c(=O)n8C7CCC(=O)NC7=O)CC6)CC5)nc4C(F)F)c3n2)C[C@H](C)O1. The van der Waals surface area contributed by atoms with Crippen LogP contribution < -0.4 is 26.1 Å². The number of imidazole rings is 1. The fraction of sp³-hybridized carbons (Fsp3) is 0.558. The van der Waals surface area contributed by atoms with Crippen LogP contribution in [0.1, 0.15) is 99.8 Å². The summed E-state index contributed by atoms with van der Waals surface area (Å²) >= 11 is 0. The number of aryl methyl sites for hydroxylation is 1. The molecule has 2 N–H and O–H groups in total. The maximum atomic E-state index is 14.4. The van der Waals surface area contributed by atoms with Gasteiger partial charge in [-0.3, -0.25) is 33.5 Å². The lowest BCUT2D eigenvalue weighted by molar-refractivity contribution is -0.135. The maximum absolute atomic E-state index is 14.4.